The van der Waals surface area contributed by atoms with Crippen molar-refractivity contribution in [3.63, 3.8) is 0 Å². The maximum Gasteiger partial charge on any atom is 0.288 e. The van der Waals surface area contributed by atoms with E-state index >= 15 is 0 Å². The molecule has 1 aliphatic rings. The number of hydrogen-bond donors (Lipinski definition) is 0. The number of halogens is 1. The summed E-state index contributed by atoms with van der Waals surface area (Å²) in [6.07, 6.45) is 3.83. The summed E-state index contributed by atoms with van der Waals surface area (Å²) in [7, 11) is 0. The Hall–Kier alpha value is -1.69. The summed E-state index contributed by atoms with van der Waals surface area (Å²) < 4.78 is 0. The van der Waals surface area contributed by atoms with E-state index < -0.39 is 4.92 Å². The van der Waals surface area contributed by atoms with Crippen molar-refractivity contribution < 1.29 is 9.72 Å². The third-order valence-electron chi connectivity index (χ3n) is 3.38. The lowest BCUT2D eigenvalue weighted by molar-refractivity contribution is -0.385. The van der Waals surface area contributed by atoms with Crippen LogP contribution in [0.1, 0.15) is 36.5 Å². The van der Waals surface area contributed by atoms with Gasteiger partial charge in [0.05, 0.1) is 10.5 Å². The zero-order valence-corrected chi connectivity index (χ0v) is 11.3. The quantitative estimate of drug-likeness (QED) is 0.485. The molecule has 1 aromatic rings. The number of nitrogens with zero attached hydrogens (tertiary/aromatic N) is 3. The van der Waals surface area contributed by atoms with E-state index in [1.54, 1.807) is 4.90 Å². The van der Waals surface area contributed by atoms with Crippen LogP contribution in [-0.4, -0.2) is 33.3 Å². The van der Waals surface area contributed by atoms with Crippen molar-refractivity contribution in [2.75, 3.05) is 6.54 Å². The van der Waals surface area contributed by atoms with Crippen LogP contribution < -0.4 is 0 Å². The second-order valence-corrected chi connectivity index (χ2v) is 4.85. The van der Waals surface area contributed by atoms with Crippen LogP contribution in [0.25, 0.3) is 0 Å². The topological polar surface area (TPSA) is 76.3 Å². The molecule has 1 amide bonds. The fourth-order valence-corrected chi connectivity index (χ4v) is 2.55. The molecule has 1 saturated heterocycles. The van der Waals surface area contributed by atoms with Crippen molar-refractivity contribution in [1.82, 2.24) is 9.88 Å². The number of amides is 1. The second-order valence-electron chi connectivity index (χ2n) is 4.49. The number of rotatable bonds is 3. The molecule has 1 atom stereocenters. The summed E-state index contributed by atoms with van der Waals surface area (Å²) in [6.45, 7) is 2.68. The Morgan fingerprint density at radius 1 is 1.68 bits per heavy atom. The summed E-state index contributed by atoms with van der Waals surface area (Å²) in [5, 5.41) is 10.7. The minimum absolute atomic E-state index is 0.0114. The summed E-state index contributed by atoms with van der Waals surface area (Å²) in [5.41, 5.74) is -0.115. The average Bonchev–Trinajstić information content (AvgIpc) is 2.86. The number of carbonyl (C=O) groups excluding carboxylic acids is 1. The van der Waals surface area contributed by atoms with E-state index in [4.69, 9.17) is 11.6 Å². The third-order valence-corrected chi connectivity index (χ3v) is 3.68. The normalized spacial score (nSPS) is 18.6. The van der Waals surface area contributed by atoms with E-state index in [2.05, 4.69) is 4.98 Å². The van der Waals surface area contributed by atoms with Gasteiger partial charge in [-0.15, -0.1) is 0 Å². The maximum absolute atomic E-state index is 12.4. The molecule has 19 heavy (non-hydrogen) atoms. The summed E-state index contributed by atoms with van der Waals surface area (Å²) >= 11 is 5.88. The first-order chi connectivity index (χ1) is 9.04. The van der Waals surface area contributed by atoms with Gasteiger partial charge in [-0.2, -0.15) is 0 Å². The first-order valence-corrected chi connectivity index (χ1v) is 6.53. The first kappa shape index (κ1) is 13.7. The minimum atomic E-state index is -0.582. The van der Waals surface area contributed by atoms with Crippen LogP contribution in [0.5, 0.6) is 0 Å². The molecule has 0 bridgehead atoms. The standard InChI is InChI=1S/C12H14ClN3O3/c1-2-8-4-3-5-15(8)12(17)10-6-9(16(18)19)7-14-11(10)13/h6-8H,2-5H2,1H3. The average molecular weight is 284 g/mol. The Kier molecular flexibility index (Phi) is 3.99. The summed E-state index contributed by atoms with van der Waals surface area (Å²) in [5.74, 6) is -0.273. The predicted octanol–water partition coefficient (Wildman–Crippen LogP) is 2.66. The number of likely N-dealkylation sites (tertiary alicyclic amines) is 1. The number of hydrogen-bond acceptors (Lipinski definition) is 4. The largest absolute Gasteiger partial charge is 0.336 e. The Labute approximate surface area is 115 Å². The van der Waals surface area contributed by atoms with E-state index in [0.717, 1.165) is 25.5 Å². The molecule has 0 saturated carbocycles. The molecule has 2 heterocycles. The molecular formula is C12H14ClN3O3. The lowest BCUT2D eigenvalue weighted by atomic mass is 10.1. The Morgan fingerprint density at radius 2 is 2.42 bits per heavy atom. The van der Waals surface area contributed by atoms with Gasteiger partial charge < -0.3 is 4.90 Å². The molecule has 1 unspecified atom stereocenters. The number of pyridine rings is 1. The van der Waals surface area contributed by atoms with Gasteiger partial charge in [0, 0.05) is 18.7 Å². The lowest BCUT2D eigenvalue weighted by Crippen LogP contribution is -2.35. The SMILES string of the molecule is CCC1CCCN1C(=O)c1cc([N+](=O)[O-])cnc1Cl. The Balaban J connectivity index is 2.32. The van der Waals surface area contributed by atoms with Crippen LogP contribution in [0.3, 0.4) is 0 Å². The van der Waals surface area contributed by atoms with Gasteiger partial charge in [0.15, 0.2) is 0 Å². The molecule has 0 radical (unpaired) electrons. The molecule has 0 aromatic carbocycles. The van der Waals surface area contributed by atoms with Crippen LogP contribution in [0.15, 0.2) is 12.3 Å². The third kappa shape index (κ3) is 2.68. The van der Waals surface area contributed by atoms with E-state index in [0.29, 0.717) is 6.54 Å². The van der Waals surface area contributed by atoms with Crippen LogP contribution in [-0.2, 0) is 0 Å². The monoisotopic (exact) mass is 283 g/mol. The molecule has 0 N–H and O–H groups in total. The highest BCUT2D eigenvalue weighted by Crippen LogP contribution is 2.26. The molecule has 6 nitrogen and oxygen atoms in total. The predicted molar refractivity (Wildman–Crippen MR) is 70.3 cm³/mol. The molecule has 1 aromatic heterocycles. The minimum Gasteiger partial charge on any atom is -0.336 e. The van der Waals surface area contributed by atoms with Gasteiger partial charge >= 0.3 is 0 Å². The van der Waals surface area contributed by atoms with Crippen LogP contribution in [0.2, 0.25) is 5.15 Å². The van der Waals surface area contributed by atoms with Crippen molar-refractivity contribution in [3.05, 3.63) is 33.1 Å². The Morgan fingerprint density at radius 3 is 3.05 bits per heavy atom. The van der Waals surface area contributed by atoms with Gasteiger partial charge in [-0.05, 0) is 19.3 Å². The van der Waals surface area contributed by atoms with E-state index in [1.807, 2.05) is 6.92 Å². The summed E-state index contributed by atoms with van der Waals surface area (Å²) in [4.78, 5) is 28.0. The number of nitro groups is 1. The van der Waals surface area contributed by atoms with E-state index in [1.165, 1.54) is 6.07 Å². The maximum atomic E-state index is 12.4. The van der Waals surface area contributed by atoms with Gasteiger partial charge in [0.2, 0.25) is 0 Å². The highest BCUT2D eigenvalue weighted by molar-refractivity contribution is 6.32. The molecule has 7 heteroatoms. The molecule has 102 valence electrons. The van der Waals surface area contributed by atoms with Crippen LogP contribution in [0, 0.1) is 10.1 Å². The van der Waals surface area contributed by atoms with Crippen LogP contribution >= 0.6 is 11.6 Å². The van der Waals surface area contributed by atoms with E-state index in [-0.39, 0.29) is 28.4 Å². The van der Waals surface area contributed by atoms with Gasteiger partial charge in [0.1, 0.15) is 11.3 Å². The molecule has 2 rings (SSSR count). The van der Waals surface area contributed by atoms with E-state index in [9.17, 15) is 14.9 Å². The van der Waals surface area contributed by atoms with Crippen LogP contribution in [0.4, 0.5) is 5.69 Å². The van der Waals surface area contributed by atoms with Crippen molar-refractivity contribution >= 4 is 23.2 Å². The highest BCUT2D eigenvalue weighted by atomic mass is 35.5. The highest BCUT2D eigenvalue weighted by Gasteiger charge is 2.30. The number of carbonyl (C=O) groups is 1. The molecule has 1 aliphatic heterocycles. The molecule has 0 aliphatic carbocycles. The molecule has 0 spiro atoms. The van der Waals surface area contributed by atoms with Crippen molar-refractivity contribution in [2.24, 2.45) is 0 Å². The number of aromatic nitrogens is 1. The van der Waals surface area contributed by atoms with Crippen molar-refractivity contribution in [1.29, 1.82) is 0 Å². The fraction of sp³-hybridized carbons (Fsp3) is 0.500. The van der Waals surface area contributed by atoms with Crippen molar-refractivity contribution in [3.8, 4) is 0 Å². The smallest absolute Gasteiger partial charge is 0.288 e. The fourth-order valence-electron chi connectivity index (χ4n) is 2.37. The zero-order chi connectivity index (χ0) is 14.0. The first-order valence-electron chi connectivity index (χ1n) is 6.15. The lowest BCUT2D eigenvalue weighted by Gasteiger charge is -2.23. The van der Waals surface area contributed by atoms with Gasteiger partial charge in [-0.1, -0.05) is 18.5 Å². The second kappa shape index (κ2) is 5.52. The van der Waals surface area contributed by atoms with Crippen molar-refractivity contribution in [2.45, 2.75) is 32.2 Å². The molecule has 1 fully saturated rings. The summed E-state index contributed by atoms with van der Waals surface area (Å²) in [6, 6.07) is 1.38. The van der Waals surface area contributed by atoms with Gasteiger partial charge in [0.25, 0.3) is 11.6 Å². The Bertz CT molecular complexity index is 521. The zero-order valence-electron chi connectivity index (χ0n) is 10.5. The molecular weight excluding hydrogens is 270 g/mol. The van der Waals surface area contributed by atoms with Gasteiger partial charge in [-0.25, -0.2) is 4.98 Å². The van der Waals surface area contributed by atoms with Gasteiger partial charge in [-0.3, -0.25) is 14.9 Å².